The summed E-state index contributed by atoms with van der Waals surface area (Å²) in [6, 6.07) is 10.6. The third-order valence-corrected chi connectivity index (χ3v) is 6.41. The summed E-state index contributed by atoms with van der Waals surface area (Å²) in [5, 5.41) is 1.95. The molecule has 0 aliphatic rings. The Morgan fingerprint density at radius 2 is 1.87 bits per heavy atom. The molecule has 0 amide bonds. The van der Waals surface area contributed by atoms with E-state index in [9.17, 15) is 8.42 Å². The van der Waals surface area contributed by atoms with Gasteiger partial charge in [0, 0.05) is 11.4 Å². The molecule has 0 N–H and O–H groups in total. The summed E-state index contributed by atoms with van der Waals surface area (Å²) in [7, 11) is -3.61. The lowest BCUT2D eigenvalue weighted by Gasteiger charge is -2.29. The van der Waals surface area contributed by atoms with Crippen LogP contribution in [-0.4, -0.2) is 19.3 Å². The SMILES string of the molecule is C=CC[C@H](c1cccs1)N(CC=C)S(=O)(=O)c1ccc(C)cc1. The molecule has 1 aromatic carbocycles. The molecule has 0 saturated carbocycles. The fraction of sp³-hybridized carbons (Fsp3) is 0.222. The van der Waals surface area contributed by atoms with Crippen molar-refractivity contribution in [2.24, 2.45) is 0 Å². The van der Waals surface area contributed by atoms with Gasteiger partial charge in [0.2, 0.25) is 10.0 Å². The van der Waals surface area contributed by atoms with Gasteiger partial charge in [0.05, 0.1) is 10.9 Å². The van der Waals surface area contributed by atoms with Crippen LogP contribution >= 0.6 is 11.3 Å². The van der Waals surface area contributed by atoms with Gasteiger partial charge in [-0.05, 0) is 36.9 Å². The largest absolute Gasteiger partial charge is 0.243 e. The summed E-state index contributed by atoms with van der Waals surface area (Å²) in [5.74, 6) is 0. The van der Waals surface area contributed by atoms with Crippen molar-refractivity contribution in [3.8, 4) is 0 Å². The molecule has 0 aliphatic heterocycles. The molecular weight excluding hydrogens is 326 g/mol. The van der Waals surface area contributed by atoms with Gasteiger partial charge in [0.25, 0.3) is 0 Å². The molecule has 1 atom stereocenters. The Balaban J connectivity index is 2.48. The topological polar surface area (TPSA) is 37.4 Å². The zero-order valence-corrected chi connectivity index (χ0v) is 14.8. The Morgan fingerprint density at radius 1 is 1.17 bits per heavy atom. The monoisotopic (exact) mass is 347 g/mol. The van der Waals surface area contributed by atoms with Crippen molar-refractivity contribution in [1.82, 2.24) is 4.31 Å². The summed E-state index contributed by atoms with van der Waals surface area (Å²) >= 11 is 1.55. The van der Waals surface area contributed by atoms with Crippen LogP contribution in [0.1, 0.15) is 22.9 Å². The Kier molecular flexibility index (Phi) is 5.93. The zero-order chi connectivity index (χ0) is 16.9. The first-order valence-electron chi connectivity index (χ1n) is 7.34. The predicted molar refractivity (Wildman–Crippen MR) is 97.1 cm³/mol. The van der Waals surface area contributed by atoms with Crippen molar-refractivity contribution in [3.05, 3.63) is 77.5 Å². The molecule has 2 aromatic rings. The fourth-order valence-electron chi connectivity index (χ4n) is 2.38. The van der Waals surface area contributed by atoms with Crippen LogP contribution in [0.15, 0.2) is 72.0 Å². The van der Waals surface area contributed by atoms with Gasteiger partial charge in [-0.2, -0.15) is 4.31 Å². The van der Waals surface area contributed by atoms with Crippen LogP contribution < -0.4 is 0 Å². The number of nitrogens with zero attached hydrogens (tertiary/aromatic N) is 1. The standard InChI is InChI=1S/C18H21NO2S2/c1-4-7-17(18-8-6-14-22-18)19(13-5-2)23(20,21)16-11-9-15(3)10-12-16/h4-6,8-12,14,17H,1-2,7,13H2,3H3/t17-/m1/s1. The van der Waals surface area contributed by atoms with Gasteiger partial charge in [-0.1, -0.05) is 35.9 Å². The highest BCUT2D eigenvalue weighted by atomic mass is 32.2. The maximum absolute atomic E-state index is 13.1. The molecule has 0 saturated heterocycles. The van der Waals surface area contributed by atoms with Crippen molar-refractivity contribution >= 4 is 21.4 Å². The van der Waals surface area contributed by atoms with E-state index >= 15 is 0 Å². The van der Waals surface area contributed by atoms with Crippen molar-refractivity contribution in [2.45, 2.75) is 24.3 Å². The average molecular weight is 348 g/mol. The Hall–Kier alpha value is -1.69. The van der Waals surface area contributed by atoms with Crippen LogP contribution in [-0.2, 0) is 10.0 Å². The molecule has 1 aromatic heterocycles. The van der Waals surface area contributed by atoms with Crippen LogP contribution in [0.3, 0.4) is 0 Å². The molecule has 2 rings (SSSR count). The molecule has 0 spiro atoms. The molecule has 0 unspecified atom stereocenters. The molecule has 0 aliphatic carbocycles. The van der Waals surface area contributed by atoms with Crippen molar-refractivity contribution in [3.63, 3.8) is 0 Å². The minimum atomic E-state index is -3.61. The molecule has 3 nitrogen and oxygen atoms in total. The van der Waals surface area contributed by atoms with Crippen LogP contribution in [0, 0.1) is 6.92 Å². The summed E-state index contributed by atoms with van der Waals surface area (Å²) in [6.45, 7) is 9.68. The van der Waals surface area contributed by atoms with E-state index in [4.69, 9.17) is 0 Å². The number of thiophene rings is 1. The van der Waals surface area contributed by atoms with Gasteiger partial charge in [-0.25, -0.2) is 8.42 Å². The number of rotatable bonds is 8. The molecule has 0 bridgehead atoms. The lowest BCUT2D eigenvalue weighted by Crippen LogP contribution is -2.34. The highest BCUT2D eigenvalue weighted by Gasteiger charge is 2.31. The maximum atomic E-state index is 13.1. The molecule has 0 radical (unpaired) electrons. The predicted octanol–water partition coefficient (Wildman–Crippen LogP) is 4.55. The lowest BCUT2D eigenvalue weighted by atomic mass is 10.1. The average Bonchev–Trinajstić information content (AvgIpc) is 3.05. The summed E-state index contributed by atoms with van der Waals surface area (Å²) in [6.07, 6.45) is 3.93. The van der Waals surface area contributed by atoms with E-state index in [-0.39, 0.29) is 12.6 Å². The van der Waals surface area contributed by atoms with Crippen molar-refractivity contribution in [2.75, 3.05) is 6.54 Å². The van der Waals surface area contributed by atoms with Gasteiger partial charge in [-0.3, -0.25) is 0 Å². The molecule has 23 heavy (non-hydrogen) atoms. The quantitative estimate of drug-likeness (QED) is 0.657. The first kappa shape index (κ1) is 17.7. The Bertz CT molecular complexity index is 747. The Morgan fingerprint density at radius 3 is 2.39 bits per heavy atom. The van der Waals surface area contributed by atoms with Gasteiger partial charge in [-0.15, -0.1) is 24.5 Å². The van der Waals surface area contributed by atoms with E-state index in [2.05, 4.69) is 13.2 Å². The normalized spacial score (nSPS) is 13.0. The van der Waals surface area contributed by atoms with Crippen LogP contribution in [0.5, 0.6) is 0 Å². The van der Waals surface area contributed by atoms with Gasteiger partial charge >= 0.3 is 0 Å². The number of aryl methyl sites for hydroxylation is 1. The number of hydrogen-bond donors (Lipinski definition) is 0. The van der Waals surface area contributed by atoms with Crippen molar-refractivity contribution < 1.29 is 8.42 Å². The van der Waals surface area contributed by atoms with Gasteiger partial charge in [0.1, 0.15) is 0 Å². The second-order valence-corrected chi connectivity index (χ2v) is 8.10. The first-order valence-corrected chi connectivity index (χ1v) is 9.66. The highest BCUT2D eigenvalue weighted by Crippen LogP contribution is 2.33. The van der Waals surface area contributed by atoms with Gasteiger partial charge in [0.15, 0.2) is 0 Å². The van der Waals surface area contributed by atoms with E-state index in [1.54, 1.807) is 35.6 Å². The number of hydrogen-bond acceptors (Lipinski definition) is 3. The maximum Gasteiger partial charge on any atom is 0.243 e. The zero-order valence-electron chi connectivity index (χ0n) is 13.2. The van der Waals surface area contributed by atoms with Crippen LogP contribution in [0.2, 0.25) is 0 Å². The number of benzene rings is 1. The van der Waals surface area contributed by atoms with E-state index in [0.717, 1.165) is 10.4 Å². The minimum Gasteiger partial charge on any atom is -0.207 e. The molecular formula is C18H21NO2S2. The van der Waals surface area contributed by atoms with E-state index in [1.165, 1.54) is 4.31 Å². The molecule has 1 heterocycles. The minimum absolute atomic E-state index is 0.257. The molecule has 5 heteroatoms. The third kappa shape index (κ3) is 3.99. The van der Waals surface area contributed by atoms with E-state index in [0.29, 0.717) is 11.3 Å². The smallest absolute Gasteiger partial charge is 0.207 e. The second kappa shape index (κ2) is 7.73. The summed E-state index contributed by atoms with van der Waals surface area (Å²) < 4.78 is 27.7. The lowest BCUT2D eigenvalue weighted by molar-refractivity contribution is 0.355. The van der Waals surface area contributed by atoms with Crippen LogP contribution in [0.4, 0.5) is 0 Å². The van der Waals surface area contributed by atoms with Crippen LogP contribution in [0.25, 0.3) is 0 Å². The first-order chi connectivity index (χ1) is 11.0. The molecule has 122 valence electrons. The number of sulfonamides is 1. The summed E-state index contributed by atoms with van der Waals surface area (Å²) in [4.78, 5) is 1.30. The second-order valence-electron chi connectivity index (χ2n) is 5.23. The molecule has 0 fully saturated rings. The highest BCUT2D eigenvalue weighted by molar-refractivity contribution is 7.89. The van der Waals surface area contributed by atoms with Gasteiger partial charge < -0.3 is 0 Å². The fourth-order valence-corrected chi connectivity index (χ4v) is 4.89. The van der Waals surface area contributed by atoms with Crippen molar-refractivity contribution in [1.29, 1.82) is 0 Å². The summed E-state index contributed by atoms with van der Waals surface area (Å²) in [5.41, 5.74) is 1.03. The Labute approximate surface area is 142 Å². The van der Waals surface area contributed by atoms with E-state index < -0.39 is 10.0 Å². The van der Waals surface area contributed by atoms with E-state index in [1.807, 2.05) is 36.6 Å². The third-order valence-electron chi connectivity index (χ3n) is 3.55.